The second-order valence-electron chi connectivity index (χ2n) is 6.55. The Kier molecular flexibility index (Phi) is 3.91. The van der Waals surface area contributed by atoms with Gasteiger partial charge < -0.3 is 9.15 Å². The van der Waals surface area contributed by atoms with Gasteiger partial charge in [-0.2, -0.15) is 0 Å². The average molecular weight is 379 g/mol. The molecule has 4 aromatic rings. The van der Waals surface area contributed by atoms with Gasteiger partial charge in [-0.25, -0.2) is 9.97 Å². The maximum atomic E-state index is 13.1. The molecule has 0 saturated heterocycles. The van der Waals surface area contributed by atoms with Crippen molar-refractivity contribution in [3.05, 3.63) is 68.9 Å². The van der Waals surface area contributed by atoms with Gasteiger partial charge in [0.1, 0.15) is 16.3 Å². The second-order valence-corrected chi connectivity index (χ2v) is 7.64. The van der Waals surface area contributed by atoms with Gasteiger partial charge in [0.2, 0.25) is 5.89 Å². The number of hydrogen-bond acceptors (Lipinski definition) is 6. The van der Waals surface area contributed by atoms with Gasteiger partial charge in [-0.3, -0.25) is 9.36 Å². The molecule has 0 aliphatic carbocycles. The zero-order valence-corrected chi connectivity index (χ0v) is 15.6. The number of nitrogens with zero attached hydrogens (tertiary/aromatic N) is 3. The fourth-order valence-electron chi connectivity index (χ4n) is 3.40. The summed E-state index contributed by atoms with van der Waals surface area (Å²) in [5, 5.41) is 0.727. The van der Waals surface area contributed by atoms with Crippen LogP contribution in [0.15, 0.2) is 45.9 Å². The highest BCUT2D eigenvalue weighted by atomic mass is 32.1. The maximum Gasteiger partial charge on any atom is 0.262 e. The van der Waals surface area contributed by atoms with Gasteiger partial charge in [-0.1, -0.05) is 18.2 Å². The Bertz CT molecular complexity index is 1190. The third kappa shape index (κ3) is 2.79. The molecule has 0 amide bonds. The Morgan fingerprint density at radius 2 is 2.11 bits per heavy atom. The van der Waals surface area contributed by atoms with Crippen LogP contribution in [0, 0.1) is 6.92 Å². The molecule has 4 heterocycles. The van der Waals surface area contributed by atoms with Gasteiger partial charge in [-0.05, 0) is 31.0 Å². The lowest BCUT2D eigenvalue weighted by atomic mass is 10.1. The van der Waals surface area contributed by atoms with Crippen LogP contribution in [-0.2, 0) is 24.3 Å². The first kappa shape index (κ1) is 16.4. The van der Waals surface area contributed by atoms with E-state index in [-0.39, 0.29) is 5.56 Å². The first-order valence-corrected chi connectivity index (χ1v) is 9.61. The standard InChI is InChI=1S/C20H17N3O3S/c1-12-15(22-18(26-12)13-5-3-2-4-6-13)9-23-11-21-19-17(20(23)24)14-7-8-25-10-16(14)27-19/h2-6,11H,7-10H2,1H3. The van der Waals surface area contributed by atoms with Crippen molar-refractivity contribution in [2.75, 3.05) is 6.61 Å². The van der Waals surface area contributed by atoms with Gasteiger partial charge in [0.15, 0.2) is 0 Å². The van der Waals surface area contributed by atoms with Crippen LogP contribution < -0.4 is 5.56 Å². The molecule has 1 aromatic carbocycles. The quantitative estimate of drug-likeness (QED) is 0.544. The third-order valence-corrected chi connectivity index (χ3v) is 5.94. The van der Waals surface area contributed by atoms with Crippen LogP contribution >= 0.6 is 11.3 Å². The van der Waals surface area contributed by atoms with Crippen molar-refractivity contribution in [1.82, 2.24) is 14.5 Å². The summed E-state index contributed by atoms with van der Waals surface area (Å²) in [6.45, 7) is 3.43. The summed E-state index contributed by atoms with van der Waals surface area (Å²) in [4.78, 5) is 24.1. The number of oxazole rings is 1. The minimum atomic E-state index is -0.0249. The topological polar surface area (TPSA) is 70.2 Å². The summed E-state index contributed by atoms with van der Waals surface area (Å²) in [6.07, 6.45) is 2.36. The van der Waals surface area contributed by atoms with Crippen molar-refractivity contribution < 1.29 is 9.15 Å². The molecule has 0 bridgehead atoms. The van der Waals surface area contributed by atoms with E-state index in [9.17, 15) is 4.79 Å². The van der Waals surface area contributed by atoms with Gasteiger partial charge in [0.25, 0.3) is 5.56 Å². The smallest absolute Gasteiger partial charge is 0.262 e. The zero-order chi connectivity index (χ0) is 18.4. The molecule has 0 N–H and O–H groups in total. The second kappa shape index (κ2) is 6.44. The van der Waals surface area contributed by atoms with E-state index in [1.807, 2.05) is 37.3 Å². The maximum absolute atomic E-state index is 13.1. The van der Waals surface area contributed by atoms with Crippen molar-refractivity contribution in [3.8, 4) is 11.5 Å². The molecule has 0 fully saturated rings. The van der Waals surface area contributed by atoms with E-state index in [0.29, 0.717) is 31.4 Å². The molecule has 1 aliphatic rings. The largest absolute Gasteiger partial charge is 0.441 e. The molecular weight excluding hydrogens is 362 g/mol. The van der Waals surface area contributed by atoms with Crippen LogP contribution in [0.1, 0.15) is 21.9 Å². The van der Waals surface area contributed by atoms with Crippen LogP contribution in [-0.4, -0.2) is 21.1 Å². The fourth-order valence-corrected chi connectivity index (χ4v) is 4.52. The summed E-state index contributed by atoms with van der Waals surface area (Å²) in [6, 6.07) is 9.75. The number of hydrogen-bond donors (Lipinski definition) is 0. The highest BCUT2D eigenvalue weighted by Crippen LogP contribution is 2.31. The first-order chi connectivity index (χ1) is 13.2. The number of fused-ring (bicyclic) bond motifs is 3. The van der Waals surface area contributed by atoms with Crippen LogP contribution in [0.25, 0.3) is 21.7 Å². The van der Waals surface area contributed by atoms with E-state index >= 15 is 0 Å². The highest BCUT2D eigenvalue weighted by Gasteiger charge is 2.21. The summed E-state index contributed by atoms with van der Waals surface area (Å²) in [5.41, 5.74) is 2.72. The molecule has 7 heteroatoms. The summed E-state index contributed by atoms with van der Waals surface area (Å²) < 4.78 is 12.9. The van der Waals surface area contributed by atoms with E-state index < -0.39 is 0 Å². The predicted octanol–water partition coefficient (Wildman–Crippen LogP) is 3.54. The molecule has 3 aromatic heterocycles. The average Bonchev–Trinajstić information content (AvgIpc) is 3.25. The molecule has 0 saturated carbocycles. The Labute approximate surface area is 159 Å². The van der Waals surface area contributed by atoms with Gasteiger partial charge in [0.05, 0.1) is 31.5 Å². The zero-order valence-electron chi connectivity index (χ0n) is 14.8. The molecular formula is C20H17N3O3S. The molecule has 1 aliphatic heterocycles. The third-order valence-electron chi connectivity index (χ3n) is 4.82. The summed E-state index contributed by atoms with van der Waals surface area (Å²) >= 11 is 1.55. The Hall–Kier alpha value is -2.77. The molecule has 6 nitrogen and oxygen atoms in total. The van der Waals surface area contributed by atoms with Crippen molar-refractivity contribution in [2.24, 2.45) is 0 Å². The van der Waals surface area contributed by atoms with Gasteiger partial charge in [0, 0.05) is 10.4 Å². The van der Waals surface area contributed by atoms with Crippen molar-refractivity contribution in [1.29, 1.82) is 0 Å². The Morgan fingerprint density at radius 1 is 1.26 bits per heavy atom. The van der Waals surface area contributed by atoms with Gasteiger partial charge in [-0.15, -0.1) is 11.3 Å². The molecule has 0 spiro atoms. The van der Waals surface area contributed by atoms with E-state index in [0.717, 1.165) is 38.3 Å². The minimum Gasteiger partial charge on any atom is -0.441 e. The van der Waals surface area contributed by atoms with Crippen LogP contribution in [0.5, 0.6) is 0 Å². The number of aromatic nitrogens is 3. The monoisotopic (exact) mass is 379 g/mol. The van der Waals surface area contributed by atoms with Crippen molar-refractivity contribution in [2.45, 2.75) is 26.5 Å². The first-order valence-electron chi connectivity index (χ1n) is 8.80. The number of aryl methyl sites for hydroxylation is 1. The SMILES string of the molecule is Cc1oc(-c2ccccc2)nc1Cn1cnc2sc3c(c2c1=O)CCOC3. The molecule has 0 radical (unpaired) electrons. The lowest BCUT2D eigenvalue weighted by Crippen LogP contribution is -2.22. The van der Waals surface area contributed by atoms with E-state index in [4.69, 9.17) is 9.15 Å². The highest BCUT2D eigenvalue weighted by molar-refractivity contribution is 7.18. The lowest BCUT2D eigenvalue weighted by Gasteiger charge is -2.11. The Morgan fingerprint density at radius 3 is 2.96 bits per heavy atom. The molecule has 0 unspecified atom stereocenters. The van der Waals surface area contributed by atoms with E-state index in [1.165, 1.54) is 0 Å². The minimum absolute atomic E-state index is 0.0249. The molecule has 27 heavy (non-hydrogen) atoms. The van der Waals surface area contributed by atoms with Crippen molar-refractivity contribution in [3.63, 3.8) is 0 Å². The number of rotatable bonds is 3. The number of thiophene rings is 1. The Balaban J connectivity index is 1.55. The van der Waals surface area contributed by atoms with Crippen LogP contribution in [0.3, 0.4) is 0 Å². The fraction of sp³-hybridized carbons (Fsp3) is 0.250. The predicted molar refractivity (Wildman–Crippen MR) is 103 cm³/mol. The molecule has 136 valence electrons. The van der Waals surface area contributed by atoms with E-state index in [1.54, 1.807) is 22.2 Å². The van der Waals surface area contributed by atoms with Crippen LogP contribution in [0.4, 0.5) is 0 Å². The number of ether oxygens (including phenoxy) is 1. The van der Waals surface area contributed by atoms with Crippen molar-refractivity contribution >= 4 is 21.6 Å². The lowest BCUT2D eigenvalue weighted by molar-refractivity contribution is 0.114. The van der Waals surface area contributed by atoms with Crippen LogP contribution in [0.2, 0.25) is 0 Å². The van der Waals surface area contributed by atoms with E-state index in [2.05, 4.69) is 9.97 Å². The number of benzene rings is 1. The normalized spacial score (nSPS) is 13.8. The molecule has 5 rings (SSSR count). The van der Waals surface area contributed by atoms with Gasteiger partial charge >= 0.3 is 0 Å². The summed E-state index contributed by atoms with van der Waals surface area (Å²) in [7, 11) is 0. The molecule has 0 atom stereocenters. The summed E-state index contributed by atoms with van der Waals surface area (Å²) in [5.74, 6) is 1.27.